The molecule has 0 heterocycles. The number of halogens is 6. The van der Waals surface area contributed by atoms with Crippen molar-refractivity contribution < 1.29 is 0 Å². The third kappa shape index (κ3) is 2.96. The van der Waals surface area contributed by atoms with Crippen molar-refractivity contribution >= 4 is 95.6 Å². The molecule has 1 fully saturated rings. The van der Waals surface area contributed by atoms with Crippen molar-refractivity contribution in [1.82, 2.24) is 0 Å². The molecule has 4 unspecified atom stereocenters. The topological polar surface area (TPSA) is 0 Å². The van der Waals surface area contributed by atoms with E-state index in [0.29, 0.717) is 30.1 Å². The lowest BCUT2D eigenvalue weighted by Crippen LogP contribution is -2.50. The predicted molar refractivity (Wildman–Crippen MR) is 80.9 cm³/mol. The minimum atomic E-state index is 0.441. The summed E-state index contributed by atoms with van der Waals surface area (Å²) in [5.41, 5.74) is 0. The maximum absolute atomic E-state index is 3.73. The zero-order chi connectivity index (χ0) is 10.2. The standard InChI is InChI=1S/C7H8Br6/c8-1-2-3(9)5(11)7(13)6(12)4(2)10/h2-7H,1H2. The maximum atomic E-state index is 3.73. The van der Waals surface area contributed by atoms with E-state index < -0.39 is 0 Å². The number of rotatable bonds is 1. The fourth-order valence-corrected chi connectivity index (χ4v) is 8.58. The molecule has 0 aromatic rings. The first-order chi connectivity index (χ1) is 6.00. The summed E-state index contributed by atoms with van der Waals surface area (Å²) in [6.45, 7) is 0. The molecule has 78 valence electrons. The number of hydrogen-bond acceptors (Lipinski definition) is 0. The van der Waals surface area contributed by atoms with Gasteiger partial charge in [0.05, 0.1) is 0 Å². The lowest BCUT2D eigenvalue weighted by atomic mass is 9.90. The fourth-order valence-electron chi connectivity index (χ4n) is 1.35. The van der Waals surface area contributed by atoms with Crippen molar-refractivity contribution in [3.8, 4) is 0 Å². The van der Waals surface area contributed by atoms with E-state index in [4.69, 9.17) is 0 Å². The Labute approximate surface area is 129 Å². The van der Waals surface area contributed by atoms with Gasteiger partial charge in [0, 0.05) is 29.5 Å². The van der Waals surface area contributed by atoms with Crippen molar-refractivity contribution in [3.63, 3.8) is 0 Å². The normalized spacial score (nSPS) is 52.2. The van der Waals surface area contributed by atoms with Gasteiger partial charge in [0.15, 0.2) is 0 Å². The first kappa shape index (κ1) is 13.9. The Morgan fingerprint density at radius 1 is 0.615 bits per heavy atom. The molecular formula is C7H8Br6. The zero-order valence-electron chi connectivity index (χ0n) is 6.44. The van der Waals surface area contributed by atoms with E-state index in [1.54, 1.807) is 0 Å². The summed E-state index contributed by atoms with van der Waals surface area (Å²) < 4.78 is 0. The molecule has 0 spiro atoms. The van der Waals surface area contributed by atoms with Crippen molar-refractivity contribution in [2.24, 2.45) is 5.92 Å². The Kier molecular flexibility index (Phi) is 6.42. The second kappa shape index (κ2) is 5.99. The molecule has 0 aromatic carbocycles. The van der Waals surface area contributed by atoms with Crippen molar-refractivity contribution in [2.45, 2.75) is 24.1 Å². The first-order valence-corrected chi connectivity index (χ1v) is 9.47. The molecular weight excluding hydrogens is 564 g/mol. The van der Waals surface area contributed by atoms with Crippen molar-refractivity contribution in [3.05, 3.63) is 0 Å². The highest BCUT2D eigenvalue weighted by Gasteiger charge is 2.45. The van der Waals surface area contributed by atoms with E-state index in [1.807, 2.05) is 0 Å². The summed E-state index contributed by atoms with van der Waals surface area (Å²) in [7, 11) is 0. The van der Waals surface area contributed by atoms with Crippen LogP contribution < -0.4 is 0 Å². The van der Waals surface area contributed by atoms with E-state index >= 15 is 0 Å². The number of hydrogen-bond donors (Lipinski definition) is 0. The molecule has 0 nitrogen and oxygen atoms in total. The third-order valence-electron chi connectivity index (χ3n) is 2.21. The largest absolute Gasteiger partial charge is 0.0924 e. The van der Waals surface area contributed by atoms with Gasteiger partial charge >= 0.3 is 0 Å². The van der Waals surface area contributed by atoms with Gasteiger partial charge in [-0.15, -0.1) is 0 Å². The maximum Gasteiger partial charge on any atom is 0.0418 e. The average Bonchev–Trinajstić information content (AvgIpc) is 2.13. The van der Waals surface area contributed by atoms with Crippen molar-refractivity contribution in [1.29, 1.82) is 0 Å². The second-order valence-electron chi connectivity index (χ2n) is 3.04. The summed E-state index contributed by atoms with van der Waals surface area (Å²) in [5, 5.41) is 1.00. The third-order valence-corrected chi connectivity index (χ3v) is 11.7. The SMILES string of the molecule is BrCC1C(Br)C(Br)C(Br)C(Br)C1Br. The van der Waals surface area contributed by atoms with Crippen LogP contribution in [0.1, 0.15) is 0 Å². The van der Waals surface area contributed by atoms with Gasteiger partial charge in [-0.25, -0.2) is 0 Å². The average molecular weight is 572 g/mol. The zero-order valence-corrected chi connectivity index (χ0v) is 16.0. The second-order valence-corrected chi connectivity index (χ2v) is 8.97. The molecule has 1 saturated carbocycles. The Morgan fingerprint density at radius 2 is 0.923 bits per heavy atom. The Morgan fingerprint density at radius 3 is 1.23 bits per heavy atom. The summed E-state index contributed by atoms with van der Waals surface area (Å²) in [6, 6.07) is 0. The van der Waals surface area contributed by atoms with Gasteiger partial charge < -0.3 is 0 Å². The van der Waals surface area contributed by atoms with Crippen LogP contribution in [0.15, 0.2) is 0 Å². The van der Waals surface area contributed by atoms with Crippen LogP contribution in [0.5, 0.6) is 0 Å². The highest BCUT2D eigenvalue weighted by atomic mass is 79.9. The molecule has 0 saturated heterocycles. The smallest absolute Gasteiger partial charge is 0.0418 e. The van der Waals surface area contributed by atoms with Crippen LogP contribution in [0.25, 0.3) is 0 Å². The Balaban J connectivity index is 2.79. The Bertz CT molecular complexity index is 158. The van der Waals surface area contributed by atoms with E-state index in [-0.39, 0.29) is 0 Å². The van der Waals surface area contributed by atoms with Crippen LogP contribution >= 0.6 is 95.6 Å². The quantitative estimate of drug-likeness (QED) is 0.396. The van der Waals surface area contributed by atoms with Crippen LogP contribution in [-0.4, -0.2) is 29.5 Å². The molecule has 1 aliphatic rings. The first-order valence-electron chi connectivity index (χ1n) is 3.77. The van der Waals surface area contributed by atoms with E-state index in [1.165, 1.54) is 0 Å². The van der Waals surface area contributed by atoms with Crippen LogP contribution in [0, 0.1) is 5.92 Å². The van der Waals surface area contributed by atoms with Crippen LogP contribution in [0.3, 0.4) is 0 Å². The van der Waals surface area contributed by atoms with Gasteiger partial charge in [-0.05, 0) is 5.92 Å². The van der Waals surface area contributed by atoms with Gasteiger partial charge in [0.25, 0.3) is 0 Å². The monoisotopic (exact) mass is 566 g/mol. The molecule has 0 aliphatic heterocycles. The fraction of sp³-hybridized carbons (Fsp3) is 1.00. The Hall–Kier alpha value is 2.88. The predicted octanol–water partition coefficient (Wildman–Crippen LogP) is 4.83. The van der Waals surface area contributed by atoms with Gasteiger partial charge in [0.1, 0.15) is 0 Å². The lowest BCUT2D eigenvalue weighted by molar-refractivity contribution is 0.466. The van der Waals surface area contributed by atoms with Gasteiger partial charge in [0.2, 0.25) is 0 Å². The highest BCUT2D eigenvalue weighted by molar-refractivity contribution is 9.15. The molecule has 4 atom stereocenters. The van der Waals surface area contributed by atoms with Crippen LogP contribution in [0.4, 0.5) is 0 Å². The number of alkyl halides is 6. The summed E-state index contributed by atoms with van der Waals surface area (Å²) >= 11 is 22.1. The molecule has 13 heavy (non-hydrogen) atoms. The molecule has 6 heteroatoms. The summed E-state index contributed by atoms with van der Waals surface area (Å²) in [6.07, 6.45) is 0. The highest BCUT2D eigenvalue weighted by Crippen LogP contribution is 2.44. The molecule has 0 bridgehead atoms. The summed E-state index contributed by atoms with van der Waals surface area (Å²) in [5.74, 6) is 0.586. The van der Waals surface area contributed by atoms with Gasteiger partial charge in [-0.2, -0.15) is 0 Å². The molecule has 0 aromatic heterocycles. The van der Waals surface area contributed by atoms with E-state index in [9.17, 15) is 0 Å². The van der Waals surface area contributed by atoms with E-state index in [2.05, 4.69) is 95.6 Å². The van der Waals surface area contributed by atoms with Crippen LogP contribution in [-0.2, 0) is 0 Å². The minimum absolute atomic E-state index is 0.441. The van der Waals surface area contributed by atoms with E-state index in [0.717, 1.165) is 5.33 Å². The van der Waals surface area contributed by atoms with Gasteiger partial charge in [-0.3, -0.25) is 0 Å². The van der Waals surface area contributed by atoms with Crippen molar-refractivity contribution in [2.75, 3.05) is 5.33 Å². The molecule has 1 aliphatic carbocycles. The summed E-state index contributed by atoms with van der Waals surface area (Å²) in [4.78, 5) is 2.31. The molecule has 0 amide bonds. The lowest BCUT2D eigenvalue weighted by Gasteiger charge is -2.41. The molecule has 0 radical (unpaired) electrons. The molecule has 0 N–H and O–H groups in total. The minimum Gasteiger partial charge on any atom is -0.0924 e. The molecule has 1 rings (SSSR count). The van der Waals surface area contributed by atoms with Crippen LogP contribution in [0.2, 0.25) is 0 Å². The van der Waals surface area contributed by atoms with Gasteiger partial charge in [-0.1, -0.05) is 95.6 Å².